The Morgan fingerprint density at radius 3 is 2.71 bits per heavy atom. The number of hydrogen-bond donors (Lipinski definition) is 4. The number of anilines is 1. The van der Waals surface area contributed by atoms with Crippen LogP contribution in [0.3, 0.4) is 0 Å². The van der Waals surface area contributed by atoms with E-state index in [0.29, 0.717) is 24.1 Å². The molecule has 0 spiro atoms. The van der Waals surface area contributed by atoms with Gasteiger partial charge in [-0.3, -0.25) is 10.2 Å². The lowest BCUT2D eigenvalue weighted by Crippen LogP contribution is -2.65. The van der Waals surface area contributed by atoms with Crippen molar-refractivity contribution in [2.45, 2.75) is 64.1 Å². The van der Waals surface area contributed by atoms with Crippen molar-refractivity contribution in [1.29, 1.82) is 0 Å². The molecule has 3 rings (SSSR count). The van der Waals surface area contributed by atoms with Crippen LogP contribution in [0.1, 0.15) is 39.5 Å². The lowest BCUT2D eigenvalue weighted by atomic mass is 10.1. The number of aliphatic hydroxyl groups excluding tert-OH is 1. The summed E-state index contributed by atoms with van der Waals surface area (Å²) in [5.41, 5.74) is 0.951. The van der Waals surface area contributed by atoms with Crippen LogP contribution in [0.5, 0.6) is 11.5 Å². The smallest absolute Gasteiger partial charge is 0.163 e. The van der Waals surface area contributed by atoms with E-state index in [1.807, 2.05) is 25.2 Å². The minimum atomic E-state index is -0.517. The monoisotopic (exact) mass is 435 g/mol. The van der Waals surface area contributed by atoms with E-state index in [0.717, 1.165) is 38.2 Å². The maximum absolute atomic E-state index is 10.4. The van der Waals surface area contributed by atoms with Gasteiger partial charge in [0.1, 0.15) is 19.0 Å². The van der Waals surface area contributed by atoms with Crippen LogP contribution in [0, 0.1) is 0 Å². The van der Waals surface area contributed by atoms with Crippen molar-refractivity contribution in [2.75, 3.05) is 52.3 Å². The van der Waals surface area contributed by atoms with Crippen LogP contribution >= 0.6 is 0 Å². The zero-order valence-corrected chi connectivity index (χ0v) is 19.6. The van der Waals surface area contributed by atoms with Gasteiger partial charge in [-0.25, -0.2) is 0 Å². The van der Waals surface area contributed by atoms with Gasteiger partial charge in [-0.1, -0.05) is 6.92 Å². The number of methoxy groups -OCH3 is 1. The average Bonchev–Trinajstić information content (AvgIpc) is 3.27. The van der Waals surface area contributed by atoms with Gasteiger partial charge >= 0.3 is 0 Å². The number of likely N-dealkylation sites (tertiary alicyclic amines) is 1. The Kier molecular flexibility index (Phi) is 9.22. The van der Waals surface area contributed by atoms with Gasteiger partial charge in [0.05, 0.1) is 13.3 Å². The molecule has 3 unspecified atom stereocenters. The number of β-amino-alcohol motifs (C(OH)–C–C–N with tert-alkyl or cyclic N) is 1. The van der Waals surface area contributed by atoms with Crippen LogP contribution in [-0.4, -0.2) is 86.5 Å². The Morgan fingerprint density at radius 2 is 2.03 bits per heavy atom. The summed E-state index contributed by atoms with van der Waals surface area (Å²) in [4.78, 5) is 4.75. The first kappa shape index (κ1) is 24.1. The standard InChI is InChI=1S/C23H41N5O3/c1-5-10-28-17(2)13-22(24-3)26-23(28)25-18-8-9-20(30-4)21(14-18)31-16-19(29)15-27-11-6-7-12-27/h8-9,14,17,19,22-26,29H,5-7,10-13,15-16H2,1-4H3/t17?,19-,22?,23?/m1/s1. The minimum Gasteiger partial charge on any atom is -0.493 e. The van der Waals surface area contributed by atoms with Gasteiger partial charge in [0.2, 0.25) is 0 Å². The predicted octanol–water partition coefficient (Wildman–Crippen LogP) is 1.87. The highest BCUT2D eigenvalue weighted by Crippen LogP contribution is 2.31. The second-order valence-electron chi connectivity index (χ2n) is 8.72. The molecule has 2 aliphatic rings. The molecule has 176 valence electrons. The molecule has 0 saturated carbocycles. The summed E-state index contributed by atoms with van der Waals surface area (Å²) in [5.74, 6) is 1.31. The minimum absolute atomic E-state index is 0.0168. The maximum Gasteiger partial charge on any atom is 0.163 e. The van der Waals surface area contributed by atoms with Gasteiger partial charge in [-0.05, 0) is 64.9 Å². The molecule has 1 aromatic carbocycles. The second kappa shape index (κ2) is 11.9. The number of nitrogens with zero attached hydrogens (tertiary/aromatic N) is 2. The molecule has 8 nitrogen and oxygen atoms in total. The molecule has 4 atom stereocenters. The Morgan fingerprint density at radius 1 is 1.26 bits per heavy atom. The molecule has 0 bridgehead atoms. The fourth-order valence-electron chi connectivity index (χ4n) is 4.56. The number of hydrogen-bond acceptors (Lipinski definition) is 8. The van der Waals surface area contributed by atoms with Crippen molar-refractivity contribution in [3.05, 3.63) is 18.2 Å². The van der Waals surface area contributed by atoms with E-state index < -0.39 is 6.10 Å². The highest BCUT2D eigenvalue weighted by Gasteiger charge is 2.31. The largest absolute Gasteiger partial charge is 0.493 e. The third kappa shape index (κ3) is 6.70. The third-order valence-corrected chi connectivity index (χ3v) is 6.23. The van der Waals surface area contributed by atoms with Gasteiger partial charge in [0.15, 0.2) is 11.5 Å². The Labute approximate surface area is 187 Å². The van der Waals surface area contributed by atoms with E-state index >= 15 is 0 Å². The molecule has 2 fully saturated rings. The highest BCUT2D eigenvalue weighted by atomic mass is 16.5. The number of nitrogens with one attached hydrogen (secondary N) is 3. The summed E-state index contributed by atoms with van der Waals surface area (Å²) in [7, 11) is 3.63. The summed E-state index contributed by atoms with van der Waals surface area (Å²) in [6.07, 6.45) is 4.34. The molecule has 31 heavy (non-hydrogen) atoms. The van der Waals surface area contributed by atoms with Gasteiger partial charge in [0.25, 0.3) is 0 Å². The molecule has 0 amide bonds. The molecule has 8 heteroatoms. The summed E-state index contributed by atoms with van der Waals surface area (Å²) >= 11 is 0. The number of ether oxygens (including phenoxy) is 2. The molecule has 0 radical (unpaired) electrons. The fraction of sp³-hybridized carbons (Fsp3) is 0.739. The molecule has 4 N–H and O–H groups in total. The Hall–Kier alpha value is -1.58. The van der Waals surface area contributed by atoms with Crippen molar-refractivity contribution in [3.8, 4) is 11.5 Å². The zero-order valence-electron chi connectivity index (χ0n) is 19.6. The first-order chi connectivity index (χ1) is 15.0. The highest BCUT2D eigenvalue weighted by molar-refractivity contribution is 5.55. The van der Waals surface area contributed by atoms with Crippen LogP contribution < -0.4 is 25.4 Å². The van der Waals surface area contributed by atoms with E-state index in [1.54, 1.807) is 7.11 Å². The lowest BCUT2D eigenvalue weighted by Gasteiger charge is -2.45. The van der Waals surface area contributed by atoms with E-state index in [9.17, 15) is 5.11 Å². The van der Waals surface area contributed by atoms with Crippen LogP contribution in [0.25, 0.3) is 0 Å². The lowest BCUT2D eigenvalue weighted by molar-refractivity contribution is 0.0629. The SMILES string of the molecule is CCCN1C(C)CC(NC)NC1Nc1ccc(OC)c(OC[C@H](O)CN2CCCC2)c1. The van der Waals surface area contributed by atoms with E-state index in [-0.39, 0.29) is 19.1 Å². The second-order valence-corrected chi connectivity index (χ2v) is 8.72. The van der Waals surface area contributed by atoms with E-state index in [2.05, 4.69) is 39.6 Å². The average molecular weight is 436 g/mol. The normalized spacial score (nSPS) is 26.0. The number of aliphatic hydroxyl groups is 1. The molecular formula is C23H41N5O3. The maximum atomic E-state index is 10.4. The third-order valence-electron chi connectivity index (χ3n) is 6.23. The molecule has 0 aromatic heterocycles. The Balaban J connectivity index is 1.65. The molecule has 1 aromatic rings. The van der Waals surface area contributed by atoms with Crippen LogP contribution in [0.15, 0.2) is 18.2 Å². The van der Waals surface area contributed by atoms with Crippen molar-refractivity contribution >= 4 is 5.69 Å². The van der Waals surface area contributed by atoms with E-state index in [4.69, 9.17) is 9.47 Å². The van der Waals surface area contributed by atoms with Gasteiger partial charge in [-0.15, -0.1) is 0 Å². The summed E-state index contributed by atoms with van der Waals surface area (Å²) in [6.45, 7) is 8.54. The van der Waals surface area contributed by atoms with Crippen molar-refractivity contribution in [2.24, 2.45) is 0 Å². The first-order valence-electron chi connectivity index (χ1n) is 11.7. The van der Waals surface area contributed by atoms with Crippen LogP contribution in [0.2, 0.25) is 0 Å². The molecule has 2 aliphatic heterocycles. The summed E-state index contributed by atoms with van der Waals surface area (Å²) in [6, 6.07) is 6.34. The number of rotatable bonds is 11. The molecule has 0 aliphatic carbocycles. The van der Waals surface area contributed by atoms with Gasteiger partial charge in [0, 0.05) is 30.9 Å². The Bertz CT molecular complexity index is 671. The van der Waals surface area contributed by atoms with Crippen molar-refractivity contribution in [3.63, 3.8) is 0 Å². The molecule has 2 saturated heterocycles. The zero-order chi connectivity index (χ0) is 22.2. The molecular weight excluding hydrogens is 394 g/mol. The summed E-state index contributed by atoms with van der Waals surface area (Å²) < 4.78 is 11.5. The summed E-state index contributed by atoms with van der Waals surface area (Å²) in [5, 5.41) is 21.0. The van der Waals surface area contributed by atoms with Crippen LogP contribution in [-0.2, 0) is 0 Å². The predicted molar refractivity (Wildman–Crippen MR) is 125 cm³/mol. The van der Waals surface area contributed by atoms with Gasteiger partial charge in [-0.2, -0.15) is 0 Å². The molecule has 2 heterocycles. The van der Waals surface area contributed by atoms with Gasteiger partial charge < -0.3 is 30.1 Å². The first-order valence-corrected chi connectivity index (χ1v) is 11.7. The topological polar surface area (TPSA) is 81.3 Å². The van der Waals surface area contributed by atoms with Crippen molar-refractivity contribution in [1.82, 2.24) is 20.4 Å². The van der Waals surface area contributed by atoms with Crippen LogP contribution in [0.4, 0.5) is 5.69 Å². The number of benzene rings is 1. The van der Waals surface area contributed by atoms with E-state index in [1.165, 1.54) is 12.8 Å². The fourth-order valence-corrected chi connectivity index (χ4v) is 4.56. The quantitative estimate of drug-likeness (QED) is 0.419. The van der Waals surface area contributed by atoms with Crippen molar-refractivity contribution < 1.29 is 14.6 Å².